The molecule has 54 heavy (non-hydrogen) atoms. The van der Waals surface area contributed by atoms with Crippen LogP contribution in [0.25, 0.3) is 120 Å². The van der Waals surface area contributed by atoms with Crippen molar-refractivity contribution >= 4 is 109 Å². The predicted molar refractivity (Wildman–Crippen MR) is 225 cm³/mol. The number of aromatic nitrogens is 2. The van der Waals surface area contributed by atoms with Crippen LogP contribution >= 0.6 is 0 Å². The molecule has 4 nitrogen and oxygen atoms in total. The molecule has 4 aromatic heterocycles. The van der Waals surface area contributed by atoms with Gasteiger partial charge in [0.1, 0.15) is 22.3 Å². The standard InChI is InChI=1S/C50H28N2O2/c1-2-10-31(11-3-1)51-42-21-20-32(26-40(42)39-25-30-19-23-48-50(37(30)28-44(39)51)35-14-6-9-17-46(35)54-48)52-41-15-7-4-12-33(41)38-24-29-18-22-47-49(36(29)27-43(38)52)34-13-5-8-16-45(34)53-47/h1-28H. The molecule has 0 unspecified atom stereocenters. The second kappa shape index (κ2) is 10.2. The van der Waals surface area contributed by atoms with Gasteiger partial charge in [-0.1, -0.05) is 84.9 Å². The van der Waals surface area contributed by atoms with Crippen LogP contribution in [0, 0.1) is 0 Å². The third kappa shape index (κ3) is 3.66. The summed E-state index contributed by atoms with van der Waals surface area (Å²) in [5.74, 6) is 0. The summed E-state index contributed by atoms with van der Waals surface area (Å²) in [4.78, 5) is 0. The number of nitrogens with zero attached hydrogens (tertiary/aromatic N) is 2. The molecule has 13 aromatic rings. The highest BCUT2D eigenvalue weighted by molar-refractivity contribution is 6.25. The molecule has 0 aliphatic carbocycles. The Morgan fingerprint density at radius 3 is 1.43 bits per heavy atom. The van der Waals surface area contributed by atoms with E-state index in [2.05, 4.69) is 167 Å². The quantitative estimate of drug-likeness (QED) is 0.181. The average Bonchev–Trinajstić information content (AvgIpc) is 3.97. The van der Waals surface area contributed by atoms with Gasteiger partial charge in [-0.15, -0.1) is 0 Å². The summed E-state index contributed by atoms with van der Waals surface area (Å²) in [5, 5.41) is 14.3. The fraction of sp³-hybridized carbons (Fsp3) is 0. The van der Waals surface area contributed by atoms with Gasteiger partial charge in [-0.25, -0.2) is 0 Å². The van der Waals surface area contributed by atoms with Crippen LogP contribution in [0.5, 0.6) is 0 Å². The molecule has 0 saturated heterocycles. The largest absolute Gasteiger partial charge is 0.456 e. The first-order valence-corrected chi connectivity index (χ1v) is 18.4. The summed E-state index contributed by atoms with van der Waals surface area (Å²) in [6, 6.07) is 61.3. The molecule has 0 aliphatic rings. The van der Waals surface area contributed by atoms with Gasteiger partial charge in [0, 0.05) is 54.5 Å². The van der Waals surface area contributed by atoms with Crippen molar-refractivity contribution in [3.8, 4) is 11.4 Å². The van der Waals surface area contributed by atoms with Gasteiger partial charge in [-0.2, -0.15) is 0 Å². The van der Waals surface area contributed by atoms with Crippen molar-refractivity contribution in [1.29, 1.82) is 0 Å². The zero-order valence-electron chi connectivity index (χ0n) is 28.9. The Kier molecular flexibility index (Phi) is 5.34. The summed E-state index contributed by atoms with van der Waals surface area (Å²) in [7, 11) is 0. The summed E-state index contributed by atoms with van der Waals surface area (Å²) in [6.45, 7) is 0. The van der Waals surface area contributed by atoms with E-state index in [0.717, 1.165) is 55.3 Å². The number of furan rings is 2. The topological polar surface area (TPSA) is 36.1 Å². The molecule has 9 aromatic carbocycles. The van der Waals surface area contributed by atoms with E-state index in [9.17, 15) is 0 Å². The lowest BCUT2D eigenvalue weighted by atomic mass is 10.0. The first-order chi connectivity index (χ1) is 26.8. The van der Waals surface area contributed by atoms with Crippen molar-refractivity contribution < 1.29 is 8.83 Å². The summed E-state index contributed by atoms with van der Waals surface area (Å²) in [5.41, 5.74) is 10.6. The van der Waals surface area contributed by atoms with Crippen molar-refractivity contribution in [2.75, 3.05) is 0 Å². The Balaban J connectivity index is 1.14. The predicted octanol–water partition coefficient (Wildman–Crippen LogP) is 14.0. The van der Waals surface area contributed by atoms with Gasteiger partial charge in [0.15, 0.2) is 0 Å². The summed E-state index contributed by atoms with van der Waals surface area (Å²) < 4.78 is 17.5. The minimum Gasteiger partial charge on any atom is -0.456 e. The van der Waals surface area contributed by atoms with Crippen LogP contribution in [0.1, 0.15) is 0 Å². The fourth-order valence-corrected chi connectivity index (χ4v) is 9.33. The fourth-order valence-electron chi connectivity index (χ4n) is 9.33. The average molecular weight is 689 g/mol. The minimum atomic E-state index is 0.910. The van der Waals surface area contributed by atoms with Gasteiger partial charge >= 0.3 is 0 Å². The molecule has 4 heterocycles. The lowest BCUT2D eigenvalue weighted by molar-refractivity contribution is 0.669. The Morgan fingerprint density at radius 1 is 0.278 bits per heavy atom. The molecule has 0 atom stereocenters. The van der Waals surface area contributed by atoms with E-state index < -0.39 is 0 Å². The number of hydrogen-bond donors (Lipinski definition) is 0. The SMILES string of the molecule is c1ccc(-n2c3ccc(-n4c5ccccc5c5cc6ccc7oc8ccccc8c7c6cc54)cc3c3cc4ccc5oc6ccccc6c5c4cc32)cc1. The van der Waals surface area contributed by atoms with Crippen LogP contribution in [-0.2, 0) is 0 Å². The Bertz CT molecular complexity index is 3730. The molecule has 0 saturated carbocycles. The highest BCUT2D eigenvalue weighted by Gasteiger charge is 2.20. The molecule has 0 N–H and O–H groups in total. The van der Waals surface area contributed by atoms with Crippen molar-refractivity contribution in [1.82, 2.24) is 9.13 Å². The van der Waals surface area contributed by atoms with E-state index in [1.54, 1.807) is 0 Å². The Morgan fingerprint density at radius 2 is 0.778 bits per heavy atom. The van der Waals surface area contributed by atoms with Gasteiger partial charge in [0.05, 0.1) is 22.1 Å². The maximum Gasteiger partial charge on any atom is 0.136 e. The third-order valence-electron chi connectivity index (χ3n) is 11.6. The number of hydrogen-bond acceptors (Lipinski definition) is 2. The van der Waals surface area contributed by atoms with Crippen LogP contribution in [0.2, 0.25) is 0 Å². The van der Waals surface area contributed by atoms with Gasteiger partial charge in [0.25, 0.3) is 0 Å². The molecule has 0 fully saturated rings. The second-order valence-electron chi connectivity index (χ2n) is 14.5. The van der Waals surface area contributed by atoms with Crippen molar-refractivity contribution in [2.24, 2.45) is 0 Å². The molecule has 0 spiro atoms. The van der Waals surface area contributed by atoms with Crippen LogP contribution in [0.15, 0.2) is 179 Å². The molecule has 0 amide bonds. The highest BCUT2D eigenvalue weighted by atomic mass is 16.3. The van der Waals surface area contributed by atoms with Crippen molar-refractivity contribution in [2.45, 2.75) is 0 Å². The van der Waals surface area contributed by atoms with Gasteiger partial charge in [0.2, 0.25) is 0 Å². The first kappa shape index (κ1) is 28.3. The minimum absolute atomic E-state index is 0.910. The van der Waals surface area contributed by atoms with Crippen LogP contribution in [0.4, 0.5) is 0 Å². The molecule has 13 rings (SSSR count). The van der Waals surface area contributed by atoms with E-state index in [0.29, 0.717) is 0 Å². The van der Waals surface area contributed by atoms with Crippen LogP contribution in [0.3, 0.4) is 0 Å². The van der Waals surface area contributed by atoms with E-state index in [4.69, 9.17) is 8.83 Å². The molecular formula is C50H28N2O2. The lowest BCUT2D eigenvalue weighted by Gasteiger charge is -2.11. The van der Waals surface area contributed by atoms with Crippen molar-refractivity contribution in [3.63, 3.8) is 0 Å². The van der Waals surface area contributed by atoms with E-state index in [1.807, 2.05) is 12.1 Å². The zero-order chi connectivity index (χ0) is 35.1. The zero-order valence-corrected chi connectivity index (χ0v) is 28.9. The summed E-state index contributed by atoms with van der Waals surface area (Å²) in [6.07, 6.45) is 0. The molecule has 0 bridgehead atoms. The number of rotatable bonds is 2. The normalized spacial score (nSPS) is 12.4. The smallest absolute Gasteiger partial charge is 0.136 e. The van der Waals surface area contributed by atoms with Crippen LogP contribution < -0.4 is 0 Å². The van der Waals surface area contributed by atoms with E-state index >= 15 is 0 Å². The Hall–Kier alpha value is -7.30. The highest BCUT2D eigenvalue weighted by Crippen LogP contribution is 2.43. The molecular weight excluding hydrogens is 661 g/mol. The lowest BCUT2D eigenvalue weighted by Crippen LogP contribution is -1.95. The Labute approximate surface area is 307 Å². The number of fused-ring (bicyclic) bond motifs is 16. The number of benzene rings is 9. The van der Waals surface area contributed by atoms with E-state index in [-0.39, 0.29) is 0 Å². The molecule has 0 aliphatic heterocycles. The van der Waals surface area contributed by atoms with Gasteiger partial charge in [-0.3, -0.25) is 0 Å². The maximum absolute atomic E-state index is 6.33. The van der Waals surface area contributed by atoms with E-state index in [1.165, 1.54) is 65.2 Å². The van der Waals surface area contributed by atoms with Gasteiger partial charge in [-0.05, 0) is 106 Å². The second-order valence-corrected chi connectivity index (χ2v) is 14.5. The van der Waals surface area contributed by atoms with Crippen molar-refractivity contribution in [3.05, 3.63) is 170 Å². The third-order valence-corrected chi connectivity index (χ3v) is 11.6. The molecule has 250 valence electrons. The van der Waals surface area contributed by atoms with Gasteiger partial charge < -0.3 is 18.0 Å². The molecule has 0 radical (unpaired) electrons. The number of para-hydroxylation sites is 4. The summed E-state index contributed by atoms with van der Waals surface area (Å²) >= 11 is 0. The molecule has 4 heteroatoms. The van der Waals surface area contributed by atoms with Crippen LogP contribution in [-0.4, -0.2) is 9.13 Å². The maximum atomic E-state index is 6.33. The first-order valence-electron chi connectivity index (χ1n) is 18.4. The monoisotopic (exact) mass is 688 g/mol.